The number of hydrogen-bond donors (Lipinski definition) is 2. The Balaban J connectivity index is 2.41. The average molecular weight is 325 g/mol. The van der Waals surface area contributed by atoms with Gasteiger partial charge >= 0.3 is 5.97 Å². The van der Waals surface area contributed by atoms with E-state index in [2.05, 4.69) is 11.1 Å². The number of rotatable bonds is 5. The molecule has 0 bridgehead atoms. The van der Waals surface area contributed by atoms with E-state index in [0.717, 1.165) is 11.3 Å². The second kappa shape index (κ2) is 7.01. The number of aliphatic carboxylic acids is 1. The third-order valence-electron chi connectivity index (χ3n) is 3.60. The molecule has 0 aliphatic carbocycles. The maximum absolute atomic E-state index is 10.8. The van der Waals surface area contributed by atoms with Crippen LogP contribution in [0.5, 0.6) is 5.75 Å². The van der Waals surface area contributed by atoms with Crippen molar-refractivity contribution in [3.8, 4) is 22.9 Å². The van der Waals surface area contributed by atoms with Gasteiger partial charge in [-0.2, -0.15) is 5.26 Å². The van der Waals surface area contributed by atoms with Crippen LogP contribution in [-0.4, -0.2) is 22.2 Å². The van der Waals surface area contributed by atoms with Crippen LogP contribution in [-0.2, 0) is 4.79 Å². The molecular formula is C18H19N3O3. The van der Waals surface area contributed by atoms with Crippen LogP contribution in [0.3, 0.4) is 0 Å². The van der Waals surface area contributed by atoms with Crippen molar-refractivity contribution in [3.05, 3.63) is 41.6 Å². The van der Waals surface area contributed by atoms with Crippen molar-refractivity contribution in [2.75, 3.05) is 5.73 Å². The zero-order valence-corrected chi connectivity index (χ0v) is 13.8. The highest BCUT2D eigenvalue weighted by molar-refractivity contribution is 5.76. The quantitative estimate of drug-likeness (QED) is 0.873. The highest BCUT2D eigenvalue weighted by Crippen LogP contribution is 2.30. The molecule has 0 aliphatic rings. The lowest BCUT2D eigenvalue weighted by molar-refractivity contribution is -0.144. The standard InChI is InChI=1S/C18H19N3O3/c1-10(2)16-8-14(15(9-19)17(20)21-16)12-4-6-13(7-5-12)24-11(3)18(22)23/h4-8,10-11H,1-3H3,(H2,20,21)(H,22,23)/t11-/m0/s1. The van der Waals surface area contributed by atoms with Gasteiger partial charge in [0, 0.05) is 11.3 Å². The lowest BCUT2D eigenvalue weighted by Crippen LogP contribution is -2.22. The minimum atomic E-state index is -1.03. The van der Waals surface area contributed by atoms with Gasteiger partial charge < -0.3 is 15.6 Å². The van der Waals surface area contributed by atoms with Crippen LogP contribution in [0.1, 0.15) is 37.9 Å². The first kappa shape index (κ1) is 17.3. The summed E-state index contributed by atoms with van der Waals surface area (Å²) in [6.07, 6.45) is -0.936. The summed E-state index contributed by atoms with van der Waals surface area (Å²) < 4.78 is 5.31. The van der Waals surface area contributed by atoms with Gasteiger partial charge in [-0.05, 0) is 36.6 Å². The molecule has 0 spiro atoms. The second-order valence-corrected chi connectivity index (χ2v) is 5.74. The number of carbonyl (C=O) groups is 1. The van der Waals surface area contributed by atoms with Gasteiger partial charge in [0.25, 0.3) is 0 Å². The number of ether oxygens (including phenoxy) is 1. The fraction of sp³-hybridized carbons (Fsp3) is 0.278. The summed E-state index contributed by atoms with van der Waals surface area (Å²) in [5.41, 5.74) is 8.54. The number of benzene rings is 1. The molecule has 0 saturated heterocycles. The molecule has 1 heterocycles. The summed E-state index contributed by atoms with van der Waals surface area (Å²) in [5, 5.41) is 18.2. The van der Waals surface area contributed by atoms with Gasteiger partial charge in [-0.25, -0.2) is 9.78 Å². The van der Waals surface area contributed by atoms with Crippen molar-refractivity contribution >= 4 is 11.8 Å². The van der Waals surface area contributed by atoms with Gasteiger partial charge in [-0.15, -0.1) is 0 Å². The first-order valence-corrected chi connectivity index (χ1v) is 7.54. The highest BCUT2D eigenvalue weighted by Gasteiger charge is 2.15. The van der Waals surface area contributed by atoms with E-state index in [-0.39, 0.29) is 11.7 Å². The molecule has 0 unspecified atom stereocenters. The Bertz CT molecular complexity index is 792. The molecule has 6 nitrogen and oxygen atoms in total. The number of nitrogens with zero attached hydrogens (tertiary/aromatic N) is 2. The first-order chi connectivity index (χ1) is 11.3. The Kier molecular flexibility index (Phi) is 5.05. The second-order valence-electron chi connectivity index (χ2n) is 5.74. The molecule has 124 valence electrons. The Labute approximate surface area is 140 Å². The van der Waals surface area contributed by atoms with E-state index in [4.69, 9.17) is 15.6 Å². The maximum Gasteiger partial charge on any atom is 0.344 e. The van der Waals surface area contributed by atoms with Crippen LogP contribution in [0.25, 0.3) is 11.1 Å². The van der Waals surface area contributed by atoms with E-state index in [1.807, 2.05) is 19.9 Å². The number of anilines is 1. The van der Waals surface area contributed by atoms with E-state index in [1.54, 1.807) is 24.3 Å². The van der Waals surface area contributed by atoms with Crippen LogP contribution in [0.4, 0.5) is 5.82 Å². The van der Waals surface area contributed by atoms with Gasteiger partial charge in [0.15, 0.2) is 6.10 Å². The molecule has 0 fully saturated rings. The molecule has 2 rings (SSSR count). The lowest BCUT2D eigenvalue weighted by Gasteiger charge is -2.13. The molecular weight excluding hydrogens is 306 g/mol. The number of carboxylic acid groups (broad SMARTS) is 1. The molecule has 2 aromatic rings. The molecule has 1 aromatic heterocycles. The molecule has 24 heavy (non-hydrogen) atoms. The predicted octanol–water partition coefficient (Wildman–Crippen LogP) is 3.18. The monoisotopic (exact) mass is 325 g/mol. The lowest BCUT2D eigenvalue weighted by atomic mass is 9.97. The number of aromatic nitrogens is 1. The van der Waals surface area contributed by atoms with Crippen LogP contribution in [0.2, 0.25) is 0 Å². The molecule has 1 aromatic carbocycles. The molecule has 0 radical (unpaired) electrons. The Morgan fingerprint density at radius 2 is 1.92 bits per heavy atom. The summed E-state index contributed by atoms with van der Waals surface area (Å²) in [5.74, 6) is -0.205. The predicted molar refractivity (Wildman–Crippen MR) is 90.6 cm³/mol. The third-order valence-corrected chi connectivity index (χ3v) is 3.60. The summed E-state index contributed by atoms with van der Waals surface area (Å²) in [4.78, 5) is 15.1. The van der Waals surface area contributed by atoms with Gasteiger partial charge in [0.2, 0.25) is 0 Å². The van der Waals surface area contributed by atoms with Crippen LogP contribution >= 0.6 is 0 Å². The van der Waals surface area contributed by atoms with Gasteiger partial charge in [0.1, 0.15) is 23.2 Å². The molecule has 0 saturated carbocycles. The Morgan fingerprint density at radius 3 is 2.42 bits per heavy atom. The van der Waals surface area contributed by atoms with E-state index in [0.29, 0.717) is 16.9 Å². The van der Waals surface area contributed by atoms with Gasteiger partial charge in [-0.3, -0.25) is 0 Å². The number of pyridine rings is 1. The van der Waals surface area contributed by atoms with Crippen molar-refractivity contribution in [1.82, 2.24) is 4.98 Å². The SMILES string of the molecule is CC(C)c1cc(-c2ccc(O[C@@H](C)C(=O)O)cc2)c(C#N)c(N)n1. The number of nitrogens with two attached hydrogens (primary N) is 1. The summed E-state index contributed by atoms with van der Waals surface area (Å²) in [6, 6.07) is 10.8. The molecule has 1 atom stereocenters. The van der Waals surface area contributed by atoms with Gasteiger partial charge in [-0.1, -0.05) is 26.0 Å². The smallest absolute Gasteiger partial charge is 0.344 e. The topological polar surface area (TPSA) is 109 Å². The van der Waals surface area contributed by atoms with E-state index >= 15 is 0 Å². The maximum atomic E-state index is 10.8. The Morgan fingerprint density at radius 1 is 1.29 bits per heavy atom. The first-order valence-electron chi connectivity index (χ1n) is 7.54. The zero-order valence-electron chi connectivity index (χ0n) is 13.8. The molecule has 6 heteroatoms. The van der Waals surface area contributed by atoms with Gasteiger partial charge in [0.05, 0.1) is 0 Å². The highest BCUT2D eigenvalue weighted by atomic mass is 16.5. The fourth-order valence-electron chi connectivity index (χ4n) is 2.19. The van der Waals surface area contributed by atoms with Crippen LogP contribution in [0.15, 0.2) is 30.3 Å². The average Bonchev–Trinajstić information content (AvgIpc) is 2.54. The van der Waals surface area contributed by atoms with E-state index < -0.39 is 12.1 Å². The minimum absolute atomic E-state index is 0.179. The van der Waals surface area contributed by atoms with Crippen molar-refractivity contribution in [3.63, 3.8) is 0 Å². The van der Waals surface area contributed by atoms with E-state index in [1.165, 1.54) is 6.92 Å². The number of hydrogen-bond acceptors (Lipinski definition) is 5. The molecule has 0 aliphatic heterocycles. The van der Waals surface area contributed by atoms with Crippen molar-refractivity contribution in [2.45, 2.75) is 32.8 Å². The van der Waals surface area contributed by atoms with Crippen molar-refractivity contribution in [1.29, 1.82) is 5.26 Å². The number of nitrogen functional groups attached to an aromatic ring is 1. The number of nitriles is 1. The van der Waals surface area contributed by atoms with Crippen LogP contribution < -0.4 is 10.5 Å². The summed E-state index contributed by atoms with van der Waals surface area (Å²) >= 11 is 0. The fourth-order valence-corrected chi connectivity index (χ4v) is 2.19. The number of carboxylic acids is 1. The minimum Gasteiger partial charge on any atom is -0.479 e. The zero-order chi connectivity index (χ0) is 17.9. The normalized spacial score (nSPS) is 11.8. The van der Waals surface area contributed by atoms with E-state index in [9.17, 15) is 10.1 Å². The van der Waals surface area contributed by atoms with Crippen molar-refractivity contribution < 1.29 is 14.6 Å². The third kappa shape index (κ3) is 3.63. The molecule has 0 amide bonds. The van der Waals surface area contributed by atoms with Crippen molar-refractivity contribution in [2.24, 2.45) is 0 Å². The molecule has 3 N–H and O–H groups in total. The summed E-state index contributed by atoms with van der Waals surface area (Å²) in [6.45, 7) is 5.46. The summed E-state index contributed by atoms with van der Waals surface area (Å²) in [7, 11) is 0. The largest absolute Gasteiger partial charge is 0.479 e. The Hall–Kier alpha value is -3.07. The van der Waals surface area contributed by atoms with Crippen LogP contribution in [0, 0.1) is 11.3 Å².